The zero-order valence-electron chi connectivity index (χ0n) is 33.6. The molecule has 0 aliphatic heterocycles. The van der Waals surface area contributed by atoms with E-state index in [2.05, 4.69) is 157 Å². The Kier molecular flexibility index (Phi) is 10.1. The van der Waals surface area contributed by atoms with Crippen molar-refractivity contribution in [1.82, 2.24) is 19.3 Å². The lowest BCUT2D eigenvalue weighted by Gasteiger charge is -2.30. The molecule has 0 bridgehead atoms. The smallest absolute Gasteiger partial charge is 0.137 e. The molecule has 3 aromatic carbocycles. The second-order valence-corrected chi connectivity index (χ2v) is 17.5. The second-order valence-electron chi connectivity index (χ2n) is 17.5. The van der Waals surface area contributed by atoms with Crippen LogP contribution in [-0.2, 0) is 18.3 Å². The first-order valence-electron chi connectivity index (χ1n) is 19.9. The van der Waals surface area contributed by atoms with Crippen molar-refractivity contribution < 1.29 is 4.74 Å². The second kappa shape index (κ2) is 14.6. The number of pyridine rings is 1. The molecule has 0 fully saturated rings. The summed E-state index contributed by atoms with van der Waals surface area (Å²) in [4.78, 5) is 4.88. The highest BCUT2D eigenvalue weighted by Crippen LogP contribution is 2.43. The molecule has 3 heterocycles. The molecule has 5 heteroatoms. The molecule has 0 saturated carbocycles. The van der Waals surface area contributed by atoms with Crippen molar-refractivity contribution in [3.05, 3.63) is 119 Å². The molecule has 1 aliphatic carbocycles. The van der Waals surface area contributed by atoms with Gasteiger partial charge in [0, 0.05) is 46.3 Å². The van der Waals surface area contributed by atoms with Gasteiger partial charge in [0.25, 0.3) is 0 Å². The van der Waals surface area contributed by atoms with E-state index in [4.69, 9.17) is 14.8 Å². The Bertz CT molecular complexity index is 2290. The molecule has 6 aromatic rings. The number of aryl methyl sites for hydroxylation is 1. The molecule has 5 nitrogen and oxygen atoms in total. The van der Waals surface area contributed by atoms with Crippen molar-refractivity contribution in [3.63, 3.8) is 0 Å². The van der Waals surface area contributed by atoms with E-state index in [9.17, 15) is 0 Å². The summed E-state index contributed by atoms with van der Waals surface area (Å²) in [6.07, 6.45) is 9.91. The largest absolute Gasteiger partial charge is 0.457 e. The Hall–Kier alpha value is -4.64. The molecule has 2 atom stereocenters. The van der Waals surface area contributed by atoms with Gasteiger partial charge in [0.15, 0.2) is 0 Å². The summed E-state index contributed by atoms with van der Waals surface area (Å²) in [6, 6.07) is 26.2. The summed E-state index contributed by atoms with van der Waals surface area (Å²) in [6.45, 7) is 23.0. The van der Waals surface area contributed by atoms with E-state index in [1.807, 2.05) is 6.20 Å². The van der Waals surface area contributed by atoms with Crippen LogP contribution in [0.25, 0.3) is 33.3 Å². The van der Waals surface area contributed by atoms with Crippen LogP contribution in [0.1, 0.15) is 116 Å². The highest BCUT2D eigenvalue weighted by Gasteiger charge is 2.31. The lowest BCUT2D eigenvalue weighted by molar-refractivity contribution is 0.445. The Labute approximate surface area is 317 Å². The van der Waals surface area contributed by atoms with Gasteiger partial charge in [-0.15, -0.1) is 0 Å². The number of nitrogens with zero attached hydrogens (tertiary/aromatic N) is 4. The van der Waals surface area contributed by atoms with Crippen LogP contribution in [0.15, 0.2) is 90.6 Å². The molecule has 0 radical (unpaired) electrons. The zero-order chi connectivity index (χ0) is 37.6. The predicted octanol–water partition coefficient (Wildman–Crippen LogP) is 13.0. The maximum Gasteiger partial charge on any atom is 0.137 e. The molecule has 53 heavy (non-hydrogen) atoms. The van der Waals surface area contributed by atoms with Crippen LogP contribution in [0.5, 0.6) is 11.5 Å². The van der Waals surface area contributed by atoms with Crippen LogP contribution in [0.4, 0.5) is 0 Å². The quantitative estimate of drug-likeness (QED) is 0.133. The van der Waals surface area contributed by atoms with Crippen LogP contribution in [0.3, 0.4) is 0 Å². The molecule has 0 N–H and O–H groups in total. The number of para-hydroxylation sites is 1. The highest BCUT2D eigenvalue weighted by molar-refractivity contribution is 6.09. The lowest BCUT2D eigenvalue weighted by atomic mass is 9.75. The zero-order valence-corrected chi connectivity index (χ0v) is 33.6. The normalized spacial score (nSPS) is 16.6. The first-order chi connectivity index (χ1) is 25.3. The number of allylic oxidation sites excluding steroid dienone is 2. The van der Waals surface area contributed by atoms with Gasteiger partial charge in [-0.3, -0.25) is 4.57 Å². The van der Waals surface area contributed by atoms with Gasteiger partial charge in [-0.25, -0.2) is 9.67 Å². The Morgan fingerprint density at radius 2 is 1.62 bits per heavy atom. The number of hydrogen-bond donors (Lipinski definition) is 0. The van der Waals surface area contributed by atoms with Crippen LogP contribution in [0, 0.1) is 24.7 Å². The van der Waals surface area contributed by atoms with Gasteiger partial charge in [-0.05, 0) is 123 Å². The Balaban J connectivity index is 1.35. The molecule has 0 saturated heterocycles. The average molecular weight is 707 g/mol. The third-order valence-corrected chi connectivity index (χ3v) is 11.2. The van der Waals surface area contributed by atoms with E-state index in [1.165, 1.54) is 51.6 Å². The molecule has 0 amide bonds. The SMILES string of the molecule is CC1=CCC[C@H](C)C1c1c(C)nn(-c2cc(Oc3ccc4c5ccccc5n(-c5cc(CC(C)C)ccn5)c4c3)cc(C(C)(C)C)c2)c1CCC(C)C. The summed E-state index contributed by atoms with van der Waals surface area (Å²) in [5, 5.41) is 7.72. The molecule has 7 rings (SSSR count). The Morgan fingerprint density at radius 1 is 0.849 bits per heavy atom. The van der Waals surface area contributed by atoms with Crippen molar-refractivity contribution in [2.45, 2.75) is 113 Å². The fourth-order valence-corrected chi connectivity index (χ4v) is 8.48. The standard InChI is InChI=1S/C48H58N4O/c1-30(2)18-21-43-47(46-32(5)14-13-15-33(46)6)34(7)50-52(43)37-26-36(48(8,9)10)27-39(28-37)53-38-19-20-41-40-16-11-12-17-42(40)51(44(41)29-38)45-25-35(22-23-49-45)24-31(3)4/h11-12,14,16-17,19-20,22-23,25-31,33,46H,13,15,18,21,24H2,1-10H3/t33-,46?/m0/s1. The van der Waals surface area contributed by atoms with Crippen molar-refractivity contribution >= 4 is 21.8 Å². The minimum Gasteiger partial charge on any atom is -0.457 e. The topological polar surface area (TPSA) is 44.9 Å². The summed E-state index contributed by atoms with van der Waals surface area (Å²) in [5.41, 5.74) is 11.1. The van der Waals surface area contributed by atoms with E-state index in [-0.39, 0.29) is 5.41 Å². The molecule has 276 valence electrons. The van der Waals surface area contributed by atoms with Gasteiger partial charge >= 0.3 is 0 Å². The van der Waals surface area contributed by atoms with E-state index in [0.29, 0.717) is 23.7 Å². The van der Waals surface area contributed by atoms with Gasteiger partial charge in [0.05, 0.1) is 22.4 Å². The summed E-state index contributed by atoms with van der Waals surface area (Å²) < 4.78 is 11.4. The van der Waals surface area contributed by atoms with Gasteiger partial charge in [-0.1, -0.05) is 85.2 Å². The van der Waals surface area contributed by atoms with Crippen molar-refractivity contribution in [3.8, 4) is 23.0 Å². The van der Waals surface area contributed by atoms with Crippen LogP contribution < -0.4 is 4.74 Å². The van der Waals surface area contributed by atoms with Gasteiger partial charge in [0.1, 0.15) is 17.3 Å². The van der Waals surface area contributed by atoms with E-state index < -0.39 is 0 Å². The van der Waals surface area contributed by atoms with Crippen LogP contribution in [-0.4, -0.2) is 19.3 Å². The van der Waals surface area contributed by atoms with E-state index >= 15 is 0 Å². The van der Waals surface area contributed by atoms with Gasteiger partial charge in [0.2, 0.25) is 0 Å². The molecular weight excluding hydrogens is 649 g/mol. The lowest BCUT2D eigenvalue weighted by Crippen LogP contribution is -2.18. The Morgan fingerprint density at radius 3 is 2.36 bits per heavy atom. The van der Waals surface area contributed by atoms with Crippen molar-refractivity contribution in [1.29, 1.82) is 0 Å². The maximum atomic E-state index is 6.89. The minimum atomic E-state index is -0.0858. The highest BCUT2D eigenvalue weighted by atomic mass is 16.5. The number of aromatic nitrogens is 4. The minimum absolute atomic E-state index is 0.0858. The van der Waals surface area contributed by atoms with Gasteiger partial charge < -0.3 is 4.74 Å². The molecule has 1 aliphatic rings. The van der Waals surface area contributed by atoms with Crippen molar-refractivity contribution in [2.24, 2.45) is 17.8 Å². The third-order valence-electron chi connectivity index (χ3n) is 11.2. The number of ether oxygens (including phenoxy) is 1. The fourth-order valence-electron chi connectivity index (χ4n) is 8.48. The number of fused-ring (bicyclic) bond motifs is 3. The molecule has 1 unspecified atom stereocenters. The predicted molar refractivity (Wildman–Crippen MR) is 222 cm³/mol. The first kappa shape index (κ1) is 36.7. The first-order valence-corrected chi connectivity index (χ1v) is 19.9. The van der Waals surface area contributed by atoms with E-state index in [1.54, 1.807) is 0 Å². The van der Waals surface area contributed by atoms with Gasteiger partial charge in [-0.2, -0.15) is 5.10 Å². The monoisotopic (exact) mass is 706 g/mol. The molecule has 0 spiro atoms. The number of benzene rings is 3. The summed E-state index contributed by atoms with van der Waals surface area (Å²) >= 11 is 0. The van der Waals surface area contributed by atoms with Crippen LogP contribution in [0.2, 0.25) is 0 Å². The fraction of sp³-hybridized carbons (Fsp3) is 0.417. The average Bonchev–Trinajstić information content (AvgIpc) is 3.60. The number of rotatable bonds is 10. The number of hydrogen-bond acceptors (Lipinski definition) is 3. The summed E-state index contributed by atoms with van der Waals surface area (Å²) in [7, 11) is 0. The molecule has 3 aromatic heterocycles. The van der Waals surface area contributed by atoms with Crippen LogP contribution >= 0.6 is 0 Å². The maximum absolute atomic E-state index is 6.89. The summed E-state index contributed by atoms with van der Waals surface area (Å²) in [5.74, 6) is 4.71. The van der Waals surface area contributed by atoms with E-state index in [0.717, 1.165) is 59.0 Å². The third kappa shape index (κ3) is 7.45. The van der Waals surface area contributed by atoms with Crippen molar-refractivity contribution in [2.75, 3.05) is 0 Å². The molecular formula is C48H58N4O.